The first kappa shape index (κ1) is 19.2. The van der Waals surface area contributed by atoms with Gasteiger partial charge in [-0.2, -0.15) is 0 Å². The summed E-state index contributed by atoms with van der Waals surface area (Å²) in [5.41, 5.74) is 3.42. The average molecular weight is 231 g/mol. The van der Waals surface area contributed by atoms with E-state index in [9.17, 15) is 0 Å². The van der Waals surface area contributed by atoms with E-state index >= 15 is 0 Å². The number of hydrogen-bond acceptors (Lipinski definition) is 1. The molecule has 70 valence electrons. The van der Waals surface area contributed by atoms with E-state index in [1.807, 2.05) is 26.0 Å². The molecule has 0 spiro atoms. The second-order valence-electron chi connectivity index (χ2n) is 2.65. The van der Waals surface area contributed by atoms with Gasteiger partial charge in [0.15, 0.2) is 0 Å². The predicted octanol–water partition coefficient (Wildman–Crippen LogP) is -4.58. The maximum absolute atomic E-state index is 8.79. The van der Waals surface area contributed by atoms with Gasteiger partial charge in [0.2, 0.25) is 0 Å². The van der Waals surface area contributed by atoms with Crippen LogP contribution < -0.4 is 24.8 Å². The van der Waals surface area contributed by atoms with Gasteiger partial charge in [-0.15, -0.1) is 0 Å². The van der Waals surface area contributed by atoms with E-state index in [0.717, 1.165) is 5.56 Å². The fraction of sp³-hybridized carbons (Fsp3) is 0.333. The first-order chi connectivity index (χ1) is 4.72. The van der Waals surface area contributed by atoms with Gasteiger partial charge in [-0.25, -0.2) is 0 Å². The van der Waals surface area contributed by atoms with Crippen molar-refractivity contribution in [1.82, 2.24) is 0 Å². The molecule has 0 aromatic heterocycles. The molecule has 0 fully saturated rings. The first-order valence-electron chi connectivity index (χ1n) is 3.40. The number of halogens is 2. The van der Waals surface area contributed by atoms with Gasteiger partial charge in [0, 0.05) is 0 Å². The van der Waals surface area contributed by atoms with Crippen LogP contribution in [0.15, 0.2) is 18.2 Å². The van der Waals surface area contributed by atoms with Crippen LogP contribution in [0.2, 0.25) is 0 Å². The van der Waals surface area contributed by atoms with Gasteiger partial charge < -0.3 is 29.9 Å². The smallest absolute Gasteiger partial charge is 1.00 e. The summed E-state index contributed by atoms with van der Waals surface area (Å²) in [4.78, 5) is 0. The number of hydrogen-bond donors (Lipinski definition) is 1. The van der Waals surface area contributed by atoms with E-state index < -0.39 is 0 Å². The molecular formula is C9H12Cl2MgO. The van der Waals surface area contributed by atoms with Crippen LogP contribution >= 0.6 is 0 Å². The molecule has 0 radical (unpaired) electrons. The second-order valence-corrected chi connectivity index (χ2v) is 2.65. The summed E-state index contributed by atoms with van der Waals surface area (Å²) in [5, 5.41) is 8.79. The van der Waals surface area contributed by atoms with E-state index in [-0.39, 0.29) is 54.5 Å². The molecule has 0 aliphatic rings. The third kappa shape index (κ3) is 6.58. The molecule has 0 aliphatic heterocycles. The van der Waals surface area contributed by atoms with Crippen LogP contribution in [0.25, 0.3) is 0 Å². The largest absolute Gasteiger partial charge is 2.00 e. The zero-order chi connectivity index (χ0) is 7.56. The Hall–Kier alpha value is 0.526. The van der Waals surface area contributed by atoms with Crippen molar-refractivity contribution in [3.05, 3.63) is 34.9 Å². The van der Waals surface area contributed by atoms with Crippen LogP contribution in [0.1, 0.15) is 16.7 Å². The molecule has 1 aromatic rings. The summed E-state index contributed by atoms with van der Waals surface area (Å²) in [5.74, 6) is 0. The van der Waals surface area contributed by atoms with Crippen LogP contribution in [0.4, 0.5) is 0 Å². The van der Waals surface area contributed by atoms with Gasteiger partial charge in [-0.1, -0.05) is 29.3 Å². The van der Waals surface area contributed by atoms with E-state index in [4.69, 9.17) is 5.11 Å². The van der Waals surface area contributed by atoms with E-state index in [0.29, 0.717) is 0 Å². The summed E-state index contributed by atoms with van der Waals surface area (Å²) in [7, 11) is 0. The van der Waals surface area contributed by atoms with Crippen molar-refractivity contribution < 1.29 is 29.9 Å². The van der Waals surface area contributed by atoms with E-state index in [2.05, 4.69) is 6.07 Å². The zero-order valence-electron chi connectivity index (χ0n) is 7.85. The fourth-order valence-electron chi connectivity index (χ4n) is 1.16. The molecule has 1 aromatic carbocycles. The van der Waals surface area contributed by atoms with Crippen molar-refractivity contribution in [3.63, 3.8) is 0 Å². The summed E-state index contributed by atoms with van der Waals surface area (Å²) < 4.78 is 0. The minimum absolute atomic E-state index is 0. The molecule has 0 saturated carbocycles. The van der Waals surface area contributed by atoms with Crippen molar-refractivity contribution in [2.45, 2.75) is 20.5 Å². The SMILES string of the molecule is Cc1cc(C)cc(CO)c1.[Cl-].[Cl-].[Mg+2]. The van der Waals surface area contributed by atoms with Crippen molar-refractivity contribution in [1.29, 1.82) is 0 Å². The minimum atomic E-state index is 0. The molecule has 0 saturated heterocycles. The third-order valence-corrected chi connectivity index (χ3v) is 1.46. The third-order valence-electron chi connectivity index (χ3n) is 1.46. The Morgan fingerprint density at radius 2 is 1.38 bits per heavy atom. The van der Waals surface area contributed by atoms with Crippen LogP contribution in [0.5, 0.6) is 0 Å². The van der Waals surface area contributed by atoms with Gasteiger partial charge in [-0.3, -0.25) is 0 Å². The number of aliphatic hydroxyl groups excluding tert-OH is 1. The quantitative estimate of drug-likeness (QED) is 0.483. The van der Waals surface area contributed by atoms with Crippen LogP contribution in [-0.2, 0) is 6.61 Å². The minimum Gasteiger partial charge on any atom is -1.00 e. The fourth-order valence-corrected chi connectivity index (χ4v) is 1.16. The molecule has 1 nitrogen and oxygen atoms in total. The Bertz CT molecular complexity index is 221. The van der Waals surface area contributed by atoms with Crippen molar-refractivity contribution in [3.8, 4) is 0 Å². The van der Waals surface area contributed by atoms with Crippen LogP contribution in [0.3, 0.4) is 0 Å². The van der Waals surface area contributed by atoms with Gasteiger partial charge in [-0.05, 0) is 19.4 Å². The summed E-state index contributed by atoms with van der Waals surface area (Å²) in [6.45, 7) is 4.21. The maximum Gasteiger partial charge on any atom is 2.00 e. The second kappa shape index (κ2) is 9.10. The van der Waals surface area contributed by atoms with Gasteiger partial charge in [0.05, 0.1) is 6.61 Å². The Balaban J connectivity index is -0.000000333. The molecule has 0 aliphatic carbocycles. The molecule has 0 atom stereocenters. The predicted molar refractivity (Wildman–Crippen MR) is 47.6 cm³/mol. The molecule has 1 N–H and O–H groups in total. The standard InChI is InChI=1S/C9H12O.2ClH.Mg/c1-7-3-8(2)5-9(4-7)6-10;;;/h3-5,10H,6H2,1-2H3;2*1H;/q;;;+2/p-2. The van der Waals surface area contributed by atoms with Gasteiger partial charge >= 0.3 is 23.1 Å². The van der Waals surface area contributed by atoms with Crippen molar-refractivity contribution >= 4 is 23.1 Å². The summed E-state index contributed by atoms with van der Waals surface area (Å²) in [6, 6.07) is 6.08. The first-order valence-corrected chi connectivity index (χ1v) is 3.40. The molecular weight excluding hydrogens is 219 g/mol. The molecule has 0 amide bonds. The maximum atomic E-state index is 8.79. The van der Waals surface area contributed by atoms with Crippen molar-refractivity contribution in [2.75, 3.05) is 0 Å². The average Bonchev–Trinajstić information content (AvgIpc) is 1.85. The molecule has 1 rings (SSSR count). The van der Waals surface area contributed by atoms with Gasteiger partial charge in [0.1, 0.15) is 0 Å². The number of aryl methyl sites for hydroxylation is 2. The molecule has 4 heteroatoms. The van der Waals surface area contributed by atoms with E-state index in [1.165, 1.54) is 11.1 Å². The number of benzene rings is 1. The normalized spacial score (nSPS) is 7.62. The Kier molecular flexibility index (Phi) is 13.4. The van der Waals surface area contributed by atoms with E-state index in [1.54, 1.807) is 0 Å². The molecule has 0 bridgehead atoms. The monoisotopic (exact) mass is 230 g/mol. The number of rotatable bonds is 1. The molecule has 0 heterocycles. The van der Waals surface area contributed by atoms with Crippen LogP contribution in [-0.4, -0.2) is 28.2 Å². The van der Waals surface area contributed by atoms with Crippen molar-refractivity contribution in [2.24, 2.45) is 0 Å². The summed E-state index contributed by atoms with van der Waals surface area (Å²) >= 11 is 0. The Morgan fingerprint density at radius 3 is 1.69 bits per heavy atom. The zero-order valence-corrected chi connectivity index (χ0v) is 10.8. The topological polar surface area (TPSA) is 20.2 Å². The Morgan fingerprint density at radius 1 is 1.00 bits per heavy atom. The van der Waals surface area contributed by atoms with Crippen LogP contribution in [0, 0.1) is 13.8 Å². The Labute approximate surface area is 108 Å². The van der Waals surface area contributed by atoms with Gasteiger partial charge in [0.25, 0.3) is 0 Å². The molecule has 13 heavy (non-hydrogen) atoms. The molecule has 0 unspecified atom stereocenters. The number of aliphatic hydroxyl groups is 1. The summed E-state index contributed by atoms with van der Waals surface area (Å²) in [6.07, 6.45) is 0.